The van der Waals surface area contributed by atoms with Gasteiger partial charge in [-0.05, 0) is 37.8 Å². The Labute approximate surface area is 112 Å². The van der Waals surface area contributed by atoms with Gasteiger partial charge in [-0.3, -0.25) is 4.79 Å². The molecule has 6 heteroatoms. The van der Waals surface area contributed by atoms with Crippen molar-refractivity contribution in [1.82, 2.24) is 15.5 Å². The molecule has 0 saturated carbocycles. The van der Waals surface area contributed by atoms with Gasteiger partial charge in [0, 0.05) is 26.2 Å². The molecule has 0 aromatic carbocycles. The van der Waals surface area contributed by atoms with E-state index < -0.39 is 0 Å². The van der Waals surface area contributed by atoms with Gasteiger partial charge < -0.3 is 15.3 Å². The average Bonchev–Trinajstić information content (AvgIpc) is 2.48. The van der Waals surface area contributed by atoms with Gasteiger partial charge in [0.25, 0.3) is 5.91 Å². The van der Waals surface area contributed by atoms with Crippen LogP contribution in [0.15, 0.2) is 12.1 Å². The fraction of sp³-hybridized carbons (Fsp3) is 0.615. The number of hydrogen-bond acceptors (Lipinski definition) is 5. The van der Waals surface area contributed by atoms with Crippen LogP contribution in [0.2, 0.25) is 0 Å². The van der Waals surface area contributed by atoms with Gasteiger partial charge >= 0.3 is 0 Å². The third-order valence-corrected chi connectivity index (χ3v) is 3.32. The molecule has 0 radical (unpaired) electrons. The Hall–Kier alpha value is -1.69. The summed E-state index contributed by atoms with van der Waals surface area (Å²) in [5.74, 6) is 0.873. The van der Waals surface area contributed by atoms with Gasteiger partial charge in [0.1, 0.15) is 0 Å². The van der Waals surface area contributed by atoms with Crippen molar-refractivity contribution < 1.29 is 9.90 Å². The molecule has 1 atom stereocenters. The molecule has 2 rings (SSSR count). The van der Waals surface area contributed by atoms with Crippen LogP contribution < -0.4 is 10.2 Å². The maximum atomic E-state index is 11.6. The minimum absolute atomic E-state index is 0.201. The van der Waals surface area contributed by atoms with Gasteiger partial charge in [-0.25, -0.2) is 0 Å². The highest BCUT2D eigenvalue weighted by molar-refractivity contribution is 5.92. The largest absolute Gasteiger partial charge is 0.396 e. The van der Waals surface area contributed by atoms with Gasteiger partial charge in [0.05, 0.1) is 0 Å². The number of rotatable bonds is 4. The molecule has 0 aliphatic carbocycles. The number of carbonyl (C=O) groups excluding carboxylic acids is 1. The van der Waals surface area contributed by atoms with Gasteiger partial charge in [-0.2, -0.15) is 0 Å². The highest BCUT2D eigenvalue weighted by Gasteiger charge is 2.20. The lowest BCUT2D eigenvalue weighted by molar-refractivity contribution is 0.0950. The number of nitrogens with one attached hydrogen (secondary N) is 1. The van der Waals surface area contributed by atoms with Gasteiger partial charge in [0.15, 0.2) is 11.5 Å². The van der Waals surface area contributed by atoms with Crippen LogP contribution in [-0.2, 0) is 0 Å². The maximum Gasteiger partial charge on any atom is 0.271 e. The summed E-state index contributed by atoms with van der Waals surface area (Å²) in [6, 6.07) is 3.51. The second-order valence-corrected chi connectivity index (χ2v) is 4.77. The monoisotopic (exact) mass is 264 g/mol. The van der Waals surface area contributed by atoms with E-state index in [1.165, 1.54) is 0 Å². The summed E-state index contributed by atoms with van der Waals surface area (Å²) in [5.41, 5.74) is 0.335. The van der Waals surface area contributed by atoms with E-state index in [4.69, 9.17) is 0 Å². The van der Waals surface area contributed by atoms with E-state index in [0.29, 0.717) is 18.2 Å². The van der Waals surface area contributed by atoms with Crippen LogP contribution in [0.25, 0.3) is 0 Å². The lowest BCUT2D eigenvalue weighted by atomic mass is 9.99. The second kappa shape index (κ2) is 6.47. The van der Waals surface area contributed by atoms with Crippen LogP contribution in [0, 0.1) is 5.92 Å². The summed E-state index contributed by atoms with van der Waals surface area (Å²) in [4.78, 5) is 13.7. The lowest BCUT2D eigenvalue weighted by Crippen LogP contribution is -2.37. The first-order valence-electron chi connectivity index (χ1n) is 6.72. The van der Waals surface area contributed by atoms with Crippen molar-refractivity contribution in [1.29, 1.82) is 0 Å². The molecule has 6 nitrogen and oxygen atoms in total. The third kappa shape index (κ3) is 3.41. The minimum Gasteiger partial charge on any atom is -0.396 e. The topological polar surface area (TPSA) is 78.4 Å². The Bertz CT molecular complexity index is 421. The molecule has 104 valence electrons. The van der Waals surface area contributed by atoms with Crippen molar-refractivity contribution in [2.75, 3.05) is 31.1 Å². The highest BCUT2D eigenvalue weighted by Crippen LogP contribution is 2.20. The number of hydrogen-bond donors (Lipinski definition) is 2. The standard InChI is InChI=1S/C13H20N4O2/c1-2-14-13(19)11-5-6-12(16-15-11)17-7-3-4-10(8-17)9-18/h5-6,10,18H,2-4,7-9H2,1H3,(H,14,19). The number of piperidine rings is 1. The normalized spacial score (nSPS) is 19.3. The minimum atomic E-state index is -0.201. The first kappa shape index (κ1) is 13.7. The Morgan fingerprint density at radius 2 is 2.37 bits per heavy atom. The Morgan fingerprint density at radius 1 is 1.53 bits per heavy atom. The van der Waals surface area contributed by atoms with Crippen molar-refractivity contribution in [3.63, 3.8) is 0 Å². The fourth-order valence-corrected chi connectivity index (χ4v) is 2.29. The van der Waals surface area contributed by atoms with Crippen LogP contribution in [0.4, 0.5) is 5.82 Å². The Morgan fingerprint density at radius 3 is 3.00 bits per heavy atom. The van der Waals surface area contributed by atoms with E-state index in [2.05, 4.69) is 20.4 Å². The molecule has 0 bridgehead atoms. The van der Waals surface area contributed by atoms with Gasteiger partial charge in [0.2, 0.25) is 0 Å². The molecular formula is C13H20N4O2. The van der Waals surface area contributed by atoms with Crippen LogP contribution in [0.3, 0.4) is 0 Å². The third-order valence-electron chi connectivity index (χ3n) is 3.32. The number of aliphatic hydroxyl groups excluding tert-OH is 1. The van der Waals surface area contributed by atoms with Crippen molar-refractivity contribution in [2.24, 2.45) is 5.92 Å². The number of anilines is 1. The molecular weight excluding hydrogens is 244 g/mol. The quantitative estimate of drug-likeness (QED) is 0.825. The SMILES string of the molecule is CCNC(=O)c1ccc(N2CCCC(CO)C2)nn1. The average molecular weight is 264 g/mol. The zero-order valence-electron chi connectivity index (χ0n) is 11.2. The van der Waals surface area contributed by atoms with Crippen LogP contribution in [0.1, 0.15) is 30.3 Å². The summed E-state index contributed by atoms with van der Waals surface area (Å²) in [6.07, 6.45) is 2.10. The van der Waals surface area contributed by atoms with Crippen molar-refractivity contribution in [3.8, 4) is 0 Å². The summed E-state index contributed by atoms with van der Waals surface area (Å²) < 4.78 is 0. The molecule has 1 aliphatic heterocycles. The summed E-state index contributed by atoms with van der Waals surface area (Å²) >= 11 is 0. The van der Waals surface area contributed by atoms with Crippen LogP contribution in [0.5, 0.6) is 0 Å². The van der Waals surface area contributed by atoms with Crippen molar-refractivity contribution in [2.45, 2.75) is 19.8 Å². The molecule has 19 heavy (non-hydrogen) atoms. The summed E-state index contributed by atoms with van der Waals surface area (Å²) in [5, 5.41) is 20.0. The van der Waals surface area contributed by atoms with Gasteiger partial charge in [-0.1, -0.05) is 0 Å². The van der Waals surface area contributed by atoms with E-state index in [-0.39, 0.29) is 12.5 Å². The molecule has 1 aromatic heterocycles. The van der Waals surface area contributed by atoms with Crippen LogP contribution >= 0.6 is 0 Å². The van der Waals surface area contributed by atoms with E-state index in [0.717, 1.165) is 31.7 Å². The van der Waals surface area contributed by atoms with E-state index in [1.54, 1.807) is 6.07 Å². The van der Waals surface area contributed by atoms with E-state index in [1.807, 2.05) is 13.0 Å². The van der Waals surface area contributed by atoms with Crippen molar-refractivity contribution in [3.05, 3.63) is 17.8 Å². The fourth-order valence-electron chi connectivity index (χ4n) is 2.29. The zero-order valence-corrected chi connectivity index (χ0v) is 11.2. The molecule has 0 spiro atoms. The number of amides is 1. The predicted molar refractivity (Wildman–Crippen MR) is 72.1 cm³/mol. The number of aliphatic hydroxyl groups is 1. The number of carbonyl (C=O) groups is 1. The van der Waals surface area contributed by atoms with E-state index >= 15 is 0 Å². The molecule has 1 amide bonds. The molecule has 1 saturated heterocycles. The lowest BCUT2D eigenvalue weighted by Gasteiger charge is -2.32. The number of aromatic nitrogens is 2. The molecule has 1 fully saturated rings. The Balaban J connectivity index is 2.03. The number of nitrogens with zero attached hydrogens (tertiary/aromatic N) is 3. The molecule has 1 aromatic rings. The van der Waals surface area contributed by atoms with Crippen molar-refractivity contribution >= 4 is 11.7 Å². The predicted octanol–water partition coefficient (Wildman–Crippen LogP) is 0.435. The Kier molecular flexibility index (Phi) is 4.68. The maximum absolute atomic E-state index is 11.6. The first-order chi connectivity index (χ1) is 9.24. The highest BCUT2D eigenvalue weighted by atomic mass is 16.3. The summed E-state index contributed by atoms with van der Waals surface area (Å²) in [7, 11) is 0. The first-order valence-corrected chi connectivity index (χ1v) is 6.72. The summed E-state index contributed by atoms with van der Waals surface area (Å²) in [6.45, 7) is 4.37. The molecule has 1 aliphatic rings. The second-order valence-electron chi connectivity index (χ2n) is 4.77. The van der Waals surface area contributed by atoms with Crippen LogP contribution in [-0.4, -0.2) is 47.5 Å². The molecule has 2 heterocycles. The zero-order chi connectivity index (χ0) is 13.7. The van der Waals surface area contributed by atoms with E-state index in [9.17, 15) is 9.90 Å². The molecule has 2 N–H and O–H groups in total. The smallest absolute Gasteiger partial charge is 0.271 e. The molecule has 1 unspecified atom stereocenters. The van der Waals surface area contributed by atoms with Gasteiger partial charge in [-0.15, -0.1) is 10.2 Å².